The Morgan fingerprint density at radius 1 is 0.585 bits per heavy atom. The summed E-state index contributed by atoms with van der Waals surface area (Å²) < 4.78 is 92.4. The highest BCUT2D eigenvalue weighted by Gasteiger charge is 2.80. The summed E-state index contributed by atoms with van der Waals surface area (Å²) >= 11 is 2.27. The fourth-order valence-electron chi connectivity index (χ4n) is 5.16. The fraction of sp³-hybridized carbons (Fsp3) is 0.281. The van der Waals surface area contributed by atoms with Crippen LogP contribution in [-0.4, -0.2) is 23.6 Å². The van der Waals surface area contributed by atoms with Gasteiger partial charge in [-0.2, -0.15) is 26.3 Å². The molecule has 5 rings (SSSR count). The van der Waals surface area contributed by atoms with Crippen LogP contribution in [0, 0.1) is 27.7 Å². The molecule has 0 unspecified atom stereocenters. The van der Waals surface area contributed by atoms with E-state index in [0.717, 1.165) is 22.7 Å². The highest BCUT2D eigenvalue weighted by atomic mass is 32.1. The van der Waals surface area contributed by atoms with Crippen LogP contribution < -0.4 is 0 Å². The molecule has 1 aliphatic rings. The number of carbonyl (C=O) groups excluding carboxylic acids is 1. The average Bonchev–Trinajstić information content (AvgIpc) is 3.39. The van der Waals surface area contributed by atoms with Crippen molar-refractivity contribution in [1.82, 2.24) is 0 Å². The number of ketones is 1. The predicted molar refractivity (Wildman–Crippen MR) is 156 cm³/mol. The van der Waals surface area contributed by atoms with Crippen LogP contribution in [0.3, 0.4) is 0 Å². The van der Waals surface area contributed by atoms with Crippen LogP contribution in [0.5, 0.6) is 0 Å². The molecule has 41 heavy (non-hydrogen) atoms. The Kier molecular flexibility index (Phi) is 8.19. The summed E-state index contributed by atoms with van der Waals surface area (Å²) in [4.78, 5) is 11.2. The zero-order valence-electron chi connectivity index (χ0n) is 23.3. The van der Waals surface area contributed by atoms with Gasteiger partial charge in [0, 0.05) is 41.8 Å². The molecule has 0 spiro atoms. The molecule has 0 radical (unpaired) electrons. The lowest BCUT2D eigenvalue weighted by molar-refractivity contribution is -0.254. The molecule has 0 saturated carbocycles. The molecule has 0 atom stereocenters. The van der Waals surface area contributed by atoms with Crippen molar-refractivity contribution in [3.8, 4) is 20.9 Å². The van der Waals surface area contributed by atoms with Gasteiger partial charge < -0.3 is 4.79 Å². The van der Waals surface area contributed by atoms with Crippen molar-refractivity contribution < 1.29 is 31.1 Å². The summed E-state index contributed by atoms with van der Waals surface area (Å²) in [5.74, 6) is -15.6. The first-order valence-corrected chi connectivity index (χ1v) is 14.4. The maximum Gasteiger partial charge on any atom is 0.380 e. The SMILES string of the molecule is CC(C)=O.Cc1sc(-c2ccccc2)c(C)c1C1=C(c2c(C)sc(-c3ccccc3)c2C)C(F)(F)C(F)(F)C1(F)F. The molecular weight excluding hydrogens is 578 g/mol. The van der Waals surface area contributed by atoms with E-state index < -0.39 is 28.9 Å². The highest BCUT2D eigenvalue weighted by molar-refractivity contribution is 7.16. The fourth-order valence-corrected chi connectivity index (χ4v) is 7.51. The first kappa shape index (κ1) is 30.8. The molecule has 2 heterocycles. The Morgan fingerprint density at radius 2 is 0.878 bits per heavy atom. The van der Waals surface area contributed by atoms with Crippen molar-refractivity contribution in [3.63, 3.8) is 0 Å². The van der Waals surface area contributed by atoms with E-state index in [9.17, 15) is 4.79 Å². The summed E-state index contributed by atoms with van der Waals surface area (Å²) in [5.41, 5.74) is -1.05. The molecular formula is C32H28F6OS2. The van der Waals surface area contributed by atoms with Gasteiger partial charge in [0.2, 0.25) is 0 Å². The van der Waals surface area contributed by atoms with Gasteiger partial charge in [0.25, 0.3) is 0 Å². The van der Waals surface area contributed by atoms with E-state index in [2.05, 4.69) is 0 Å². The van der Waals surface area contributed by atoms with Crippen LogP contribution in [0.25, 0.3) is 32.0 Å². The first-order chi connectivity index (χ1) is 19.1. The monoisotopic (exact) mass is 606 g/mol. The van der Waals surface area contributed by atoms with Crippen molar-refractivity contribution in [2.45, 2.75) is 59.3 Å². The van der Waals surface area contributed by atoms with Crippen molar-refractivity contribution in [2.75, 3.05) is 0 Å². The third-order valence-corrected chi connectivity index (χ3v) is 9.40. The van der Waals surface area contributed by atoms with Crippen molar-refractivity contribution in [2.24, 2.45) is 0 Å². The van der Waals surface area contributed by atoms with Crippen LogP contribution in [0.2, 0.25) is 0 Å². The van der Waals surface area contributed by atoms with Gasteiger partial charge in [-0.05, 0) is 63.8 Å². The first-order valence-electron chi connectivity index (χ1n) is 12.7. The van der Waals surface area contributed by atoms with Gasteiger partial charge in [-0.15, -0.1) is 22.7 Å². The molecule has 0 fully saturated rings. The predicted octanol–water partition coefficient (Wildman–Crippen LogP) is 10.8. The van der Waals surface area contributed by atoms with E-state index in [-0.39, 0.29) is 37.8 Å². The molecule has 0 aliphatic heterocycles. The number of halogens is 6. The van der Waals surface area contributed by atoms with E-state index in [1.165, 1.54) is 41.5 Å². The Hall–Kier alpha value is -3.17. The molecule has 216 valence electrons. The number of hydrogen-bond acceptors (Lipinski definition) is 3. The largest absolute Gasteiger partial charge is 0.380 e. The molecule has 1 aliphatic carbocycles. The number of benzene rings is 2. The van der Waals surface area contributed by atoms with E-state index in [1.807, 2.05) is 0 Å². The quantitative estimate of drug-likeness (QED) is 0.211. The number of aryl methyl sites for hydroxylation is 2. The summed E-state index contributed by atoms with van der Waals surface area (Å²) in [6.07, 6.45) is 0. The minimum Gasteiger partial charge on any atom is -0.300 e. The number of thiophene rings is 2. The van der Waals surface area contributed by atoms with Gasteiger partial charge in [0.15, 0.2) is 0 Å². The van der Waals surface area contributed by atoms with E-state index in [4.69, 9.17) is 0 Å². The van der Waals surface area contributed by atoms with Crippen LogP contribution in [0.4, 0.5) is 26.3 Å². The maximum atomic E-state index is 15.6. The lowest BCUT2D eigenvalue weighted by atomic mass is 9.90. The summed E-state index contributed by atoms with van der Waals surface area (Å²) in [5, 5.41) is 0. The second kappa shape index (κ2) is 10.9. The third-order valence-electron chi connectivity index (χ3n) is 6.88. The molecule has 9 heteroatoms. The highest BCUT2D eigenvalue weighted by Crippen LogP contribution is 2.67. The molecule has 0 saturated heterocycles. The number of hydrogen-bond donors (Lipinski definition) is 0. The third kappa shape index (κ3) is 4.97. The van der Waals surface area contributed by atoms with Crippen molar-refractivity contribution in [3.05, 3.63) is 92.7 Å². The Labute approximate surface area is 243 Å². The van der Waals surface area contributed by atoms with Gasteiger partial charge in [-0.3, -0.25) is 0 Å². The smallest absolute Gasteiger partial charge is 0.300 e. The second-order valence-electron chi connectivity index (χ2n) is 10.1. The molecule has 1 nitrogen and oxygen atoms in total. The minimum absolute atomic E-state index is 0.167. The van der Waals surface area contributed by atoms with Crippen LogP contribution in [0.1, 0.15) is 45.9 Å². The van der Waals surface area contributed by atoms with E-state index in [0.29, 0.717) is 20.9 Å². The molecule has 2 aromatic heterocycles. The van der Waals surface area contributed by atoms with Gasteiger partial charge >= 0.3 is 17.8 Å². The topological polar surface area (TPSA) is 17.1 Å². The molecule has 0 bridgehead atoms. The molecule has 0 amide bonds. The van der Waals surface area contributed by atoms with Crippen molar-refractivity contribution in [1.29, 1.82) is 0 Å². The summed E-state index contributed by atoms with van der Waals surface area (Å²) in [6.45, 7) is 9.13. The van der Waals surface area contributed by atoms with E-state index in [1.54, 1.807) is 60.7 Å². The minimum atomic E-state index is -5.59. The lowest BCUT2D eigenvalue weighted by Crippen LogP contribution is -2.49. The summed E-state index contributed by atoms with van der Waals surface area (Å²) in [6, 6.07) is 17.7. The molecule has 4 aromatic rings. The van der Waals surface area contributed by atoms with Crippen molar-refractivity contribution >= 4 is 39.6 Å². The van der Waals surface area contributed by atoms with Gasteiger partial charge in [-0.1, -0.05) is 60.7 Å². The molecule has 2 aromatic carbocycles. The molecule has 0 N–H and O–H groups in total. The normalized spacial score (nSPS) is 16.9. The zero-order chi connectivity index (χ0) is 30.5. The Balaban J connectivity index is 0.000000909. The second-order valence-corrected chi connectivity index (χ2v) is 12.5. The standard InChI is InChI=1S/C29H22F6S2.C3H6O/c1-15-21(17(3)36-25(15)19-11-7-5-8-12-19)23-24(28(32,33)29(34,35)27(23,30)31)22-16(2)26(37-18(22)4)20-13-9-6-10-14-20;1-3(2)4/h5-14H,1-4H3;1-2H3. The Morgan fingerprint density at radius 3 is 1.17 bits per heavy atom. The number of carbonyl (C=O) groups is 1. The van der Waals surface area contributed by atoms with Crippen LogP contribution in [0.15, 0.2) is 60.7 Å². The number of allylic oxidation sites excluding steroid dienone is 2. The van der Waals surface area contributed by atoms with Gasteiger partial charge in [0.05, 0.1) is 0 Å². The zero-order valence-corrected chi connectivity index (χ0v) is 24.9. The van der Waals surface area contributed by atoms with E-state index >= 15 is 26.3 Å². The van der Waals surface area contributed by atoms with Gasteiger partial charge in [-0.25, -0.2) is 0 Å². The summed E-state index contributed by atoms with van der Waals surface area (Å²) in [7, 11) is 0. The lowest BCUT2D eigenvalue weighted by Gasteiger charge is -2.26. The number of Topliss-reactive ketones (excluding diaryl/α,β-unsaturated/α-hetero) is 1. The van der Waals surface area contributed by atoms with Crippen LogP contribution in [-0.2, 0) is 4.79 Å². The number of alkyl halides is 6. The number of rotatable bonds is 4. The van der Waals surface area contributed by atoms with Crippen LogP contribution >= 0.6 is 22.7 Å². The van der Waals surface area contributed by atoms with Gasteiger partial charge in [0.1, 0.15) is 5.78 Å². The maximum absolute atomic E-state index is 15.6. The average molecular weight is 607 g/mol. The Bertz CT molecular complexity index is 1510.